The summed E-state index contributed by atoms with van der Waals surface area (Å²) in [4.78, 5) is 20.6. The molecule has 0 saturated carbocycles. The predicted molar refractivity (Wildman–Crippen MR) is 27.6 cm³/mol. The van der Waals surface area contributed by atoms with Crippen molar-refractivity contribution in [3.63, 3.8) is 0 Å². The standard InChI is InChI=1S/C4H4N2O4/c7-3-5-6-4(8)10-2-1-9-3/h1-2H2. The van der Waals surface area contributed by atoms with Crippen LogP contribution in [0.1, 0.15) is 0 Å². The molecule has 0 aliphatic carbocycles. The molecule has 1 aliphatic heterocycles. The van der Waals surface area contributed by atoms with Crippen LogP contribution in [0, 0.1) is 0 Å². The van der Waals surface area contributed by atoms with Gasteiger partial charge in [0.2, 0.25) is 0 Å². The molecule has 1 aliphatic rings. The summed E-state index contributed by atoms with van der Waals surface area (Å²) in [5.74, 6) is 0. The SMILES string of the molecule is O=C1N=NC(=O)OCCO1. The molecule has 6 heteroatoms. The summed E-state index contributed by atoms with van der Waals surface area (Å²) < 4.78 is 8.71. The van der Waals surface area contributed by atoms with E-state index in [9.17, 15) is 9.59 Å². The molecule has 2 amide bonds. The lowest BCUT2D eigenvalue weighted by molar-refractivity contribution is 0.0961. The Bertz CT molecular complexity index is 168. The van der Waals surface area contributed by atoms with Gasteiger partial charge in [0.15, 0.2) is 0 Å². The lowest BCUT2D eigenvalue weighted by Crippen LogP contribution is -2.12. The minimum absolute atomic E-state index is 0.0313. The van der Waals surface area contributed by atoms with Gasteiger partial charge in [-0.1, -0.05) is 10.2 Å². The first-order valence-corrected chi connectivity index (χ1v) is 2.54. The normalized spacial score (nSPS) is 18.8. The van der Waals surface area contributed by atoms with Gasteiger partial charge in [-0.3, -0.25) is 0 Å². The van der Waals surface area contributed by atoms with E-state index in [1.54, 1.807) is 0 Å². The van der Waals surface area contributed by atoms with E-state index in [0.717, 1.165) is 0 Å². The Morgan fingerprint density at radius 1 is 1.00 bits per heavy atom. The molecule has 10 heavy (non-hydrogen) atoms. The van der Waals surface area contributed by atoms with E-state index in [0.29, 0.717) is 0 Å². The van der Waals surface area contributed by atoms with Crippen molar-refractivity contribution in [1.82, 2.24) is 0 Å². The van der Waals surface area contributed by atoms with E-state index in [2.05, 4.69) is 19.7 Å². The lowest BCUT2D eigenvalue weighted by atomic mass is 10.8. The molecule has 1 rings (SSSR count). The van der Waals surface area contributed by atoms with Crippen molar-refractivity contribution in [2.45, 2.75) is 0 Å². The monoisotopic (exact) mass is 144 g/mol. The maximum absolute atomic E-state index is 10.3. The van der Waals surface area contributed by atoms with Crippen LogP contribution in [0.3, 0.4) is 0 Å². The molecule has 0 fully saturated rings. The first-order valence-electron chi connectivity index (χ1n) is 2.54. The highest BCUT2D eigenvalue weighted by molar-refractivity contribution is 5.73. The zero-order chi connectivity index (χ0) is 7.40. The molecular weight excluding hydrogens is 140 g/mol. The van der Waals surface area contributed by atoms with Gasteiger partial charge in [0.05, 0.1) is 0 Å². The van der Waals surface area contributed by atoms with E-state index in [1.807, 2.05) is 0 Å². The Labute approximate surface area is 55.8 Å². The molecule has 0 spiro atoms. The topological polar surface area (TPSA) is 77.3 Å². The van der Waals surface area contributed by atoms with Gasteiger partial charge >= 0.3 is 12.2 Å². The van der Waals surface area contributed by atoms with Gasteiger partial charge in [0.25, 0.3) is 0 Å². The number of carbonyl (C=O) groups is 2. The van der Waals surface area contributed by atoms with Crippen molar-refractivity contribution in [3.8, 4) is 0 Å². The van der Waals surface area contributed by atoms with Gasteiger partial charge in [0.1, 0.15) is 13.2 Å². The highest BCUT2D eigenvalue weighted by Crippen LogP contribution is 1.94. The van der Waals surface area contributed by atoms with Crippen molar-refractivity contribution < 1.29 is 19.1 Å². The molecule has 0 radical (unpaired) electrons. The van der Waals surface area contributed by atoms with E-state index in [1.165, 1.54) is 0 Å². The third kappa shape index (κ3) is 1.81. The molecule has 0 N–H and O–H groups in total. The van der Waals surface area contributed by atoms with Crippen LogP contribution in [-0.2, 0) is 9.47 Å². The number of rotatable bonds is 0. The van der Waals surface area contributed by atoms with E-state index in [4.69, 9.17) is 0 Å². The summed E-state index contributed by atoms with van der Waals surface area (Å²) in [6.45, 7) is 0.0627. The van der Waals surface area contributed by atoms with E-state index >= 15 is 0 Å². The molecule has 0 aromatic carbocycles. The third-order valence-electron chi connectivity index (χ3n) is 0.748. The van der Waals surface area contributed by atoms with Crippen molar-refractivity contribution in [2.75, 3.05) is 13.2 Å². The van der Waals surface area contributed by atoms with Crippen LogP contribution in [-0.4, -0.2) is 25.4 Å². The molecule has 6 nitrogen and oxygen atoms in total. The molecule has 0 atom stereocenters. The molecule has 0 unspecified atom stereocenters. The summed E-state index contributed by atoms with van der Waals surface area (Å²) in [7, 11) is 0. The van der Waals surface area contributed by atoms with Crippen LogP contribution in [0.5, 0.6) is 0 Å². The molecule has 0 bridgehead atoms. The third-order valence-corrected chi connectivity index (χ3v) is 0.748. The number of cyclic esters (lactones) is 2. The fourth-order valence-electron chi connectivity index (χ4n) is 0.397. The fraction of sp³-hybridized carbons (Fsp3) is 0.500. The van der Waals surface area contributed by atoms with Crippen LogP contribution < -0.4 is 0 Å². The van der Waals surface area contributed by atoms with Gasteiger partial charge in [-0.05, 0) is 0 Å². The van der Waals surface area contributed by atoms with Crippen molar-refractivity contribution in [3.05, 3.63) is 0 Å². The van der Waals surface area contributed by atoms with Crippen molar-refractivity contribution in [1.29, 1.82) is 0 Å². The van der Waals surface area contributed by atoms with Crippen LogP contribution >= 0.6 is 0 Å². The maximum Gasteiger partial charge on any atom is 0.452 e. The summed E-state index contributed by atoms with van der Waals surface area (Å²) >= 11 is 0. The molecular formula is C4H4N2O4. The zero-order valence-corrected chi connectivity index (χ0v) is 4.94. The van der Waals surface area contributed by atoms with Gasteiger partial charge in [0, 0.05) is 0 Å². The number of amides is 2. The first-order chi connectivity index (χ1) is 4.79. The number of nitrogens with zero attached hydrogens (tertiary/aromatic N) is 2. The van der Waals surface area contributed by atoms with Gasteiger partial charge in [-0.15, -0.1) is 0 Å². The zero-order valence-electron chi connectivity index (χ0n) is 4.94. The number of azo groups is 1. The quantitative estimate of drug-likeness (QED) is 0.502. The minimum atomic E-state index is -0.864. The Morgan fingerprint density at radius 3 is 1.80 bits per heavy atom. The van der Waals surface area contributed by atoms with Crippen LogP contribution in [0.25, 0.3) is 0 Å². The average Bonchev–Trinajstić information content (AvgIpc) is 1.90. The highest BCUT2D eigenvalue weighted by Gasteiger charge is 2.07. The Balaban J connectivity index is 2.58. The second-order valence-electron chi connectivity index (χ2n) is 1.43. The molecule has 1 heterocycles. The number of ether oxygens (including phenoxy) is 2. The minimum Gasteiger partial charge on any atom is -0.443 e. The largest absolute Gasteiger partial charge is 0.452 e. The summed E-state index contributed by atoms with van der Waals surface area (Å²) in [5.41, 5.74) is 0. The van der Waals surface area contributed by atoms with Crippen molar-refractivity contribution in [2.24, 2.45) is 10.2 Å². The van der Waals surface area contributed by atoms with Crippen LogP contribution in [0.4, 0.5) is 9.59 Å². The highest BCUT2D eigenvalue weighted by atomic mass is 16.6. The van der Waals surface area contributed by atoms with Crippen LogP contribution in [0.2, 0.25) is 0 Å². The number of hydrogen-bond acceptors (Lipinski definition) is 4. The van der Waals surface area contributed by atoms with E-state index < -0.39 is 12.2 Å². The molecule has 54 valence electrons. The predicted octanol–water partition coefficient (Wildman–Crippen LogP) is 0.725. The second kappa shape index (κ2) is 2.90. The van der Waals surface area contributed by atoms with Crippen molar-refractivity contribution >= 4 is 12.2 Å². The fourth-order valence-corrected chi connectivity index (χ4v) is 0.397. The Morgan fingerprint density at radius 2 is 1.40 bits per heavy atom. The second-order valence-corrected chi connectivity index (χ2v) is 1.43. The van der Waals surface area contributed by atoms with Gasteiger partial charge in [-0.25, -0.2) is 9.59 Å². The molecule has 0 aromatic rings. The summed E-state index contributed by atoms with van der Waals surface area (Å²) in [5, 5.41) is 5.71. The maximum atomic E-state index is 10.3. The molecule has 0 aromatic heterocycles. The summed E-state index contributed by atoms with van der Waals surface area (Å²) in [6, 6.07) is 0. The van der Waals surface area contributed by atoms with Gasteiger partial charge in [-0.2, -0.15) is 0 Å². The average molecular weight is 144 g/mol. The van der Waals surface area contributed by atoms with E-state index in [-0.39, 0.29) is 13.2 Å². The van der Waals surface area contributed by atoms with Crippen LogP contribution in [0.15, 0.2) is 10.2 Å². The lowest BCUT2D eigenvalue weighted by Gasteiger charge is -2.02. The first kappa shape index (κ1) is 6.66. The van der Waals surface area contributed by atoms with Gasteiger partial charge < -0.3 is 9.47 Å². The number of carbonyl (C=O) groups excluding carboxylic acids is 2. The summed E-state index contributed by atoms with van der Waals surface area (Å²) in [6.07, 6.45) is -1.73. The Kier molecular flexibility index (Phi) is 1.93. The number of hydrogen-bond donors (Lipinski definition) is 0. The Hall–Kier alpha value is -1.46. The molecule has 0 saturated heterocycles. The smallest absolute Gasteiger partial charge is 0.443 e.